The lowest BCUT2D eigenvalue weighted by Crippen LogP contribution is -2.72. The van der Waals surface area contributed by atoms with Gasteiger partial charge < -0.3 is 19.7 Å². The van der Waals surface area contributed by atoms with E-state index >= 15 is 0 Å². The van der Waals surface area contributed by atoms with Crippen LogP contribution in [0.15, 0.2) is 18.2 Å². The van der Waals surface area contributed by atoms with Crippen LogP contribution >= 0.6 is 0 Å². The monoisotopic (exact) mass is 497 g/mol. The third kappa shape index (κ3) is 5.36. The van der Waals surface area contributed by atoms with Gasteiger partial charge in [-0.1, -0.05) is 51.5 Å². The third-order valence-corrected chi connectivity index (χ3v) is 8.83. The van der Waals surface area contributed by atoms with Crippen LogP contribution < -0.4 is 14.8 Å². The minimum atomic E-state index is -0.698. The van der Waals surface area contributed by atoms with Crippen LogP contribution in [0.25, 0.3) is 0 Å². The molecule has 7 heteroatoms. The van der Waals surface area contributed by atoms with Crippen LogP contribution in [0.1, 0.15) is 83.1 Å². The number of rotatable bonds is 8. The SMILES string of the molecule is CCCCN1C(=O)C(CCC2CCCCC2)NC(=O)C12CCN(Cc1ccc3c(c1)OCCO3)CC2. The third-order valence-electron chi connectivity index (χ3n) is 8.83. The number of carbonyl (C=O) groups excluding carboxylic acids is 2. The number of amides is 2. The first kappa shape index (κ1) is 25.4. The maximum Gasteiger partial charge on any atom is 0.246 e. The zero-order valence-electron chi connectivity index (χ0n) is 21.9. The number of unbranched alkanes of at least 4 members (excludes halogenated alkanes) is 1. The average molecular weight is 498 g/mol. The molecule has 2 saturated heterocycles. The number of ether oxygens (including phenoxy) is 2. The molecule has 2 amide bonds. The molecule has 198 valence electrons. The van der Waals surface area contributed by atoms with Crippen molar-refractivity contribution < 1.29 is 19.1 Å². The van der Waals surface area contributed by atoms with Crippen molar-refractivity contribution in [2.45, 2.75) is 95.7 Å². The van der Waals surface area contributed by atoms with Crippen LogP contribution in [-0.2, 0) is 16.1 Å². The number of piperidine rings is 1. The van der Waals surface area contributed by atoms with Gasteiger partial charge in [-0.25, -0.2) is 0 Å². The highest BCUT2D eigenvalue weighted by Gasteiger charge is 2.53. The molecule has 1 saturated carbocycles. The molecule has 4 aliphatic rings. The van der Waals surface area contributed by atoms with Gasteiger partial charge in [0.1, 0.15) is 24.8 Å². The Kier molecular flexibility index (Phi) is 8.04. The lowest BCUT2D eigenvalue weighted by molar-refractivity contribution is -0.161. The lowest BCUT2D eigenvalue weighted by Gasteiger charge is -2.52. The van der Waals surface area contributed by atoms with Crippen LogP contribution in [0.3, 0.4) is 0 Å². The van der Waals surface area contributed by atoms with E-state index in [0.717, 1.165) is 56.8 Å². The Morgan fingerprint density at radius 2 is 1.75 bits per heavy atom. The van der Waals surface area contributed by atoms with Crippen molar-refractivity contribution in [3.05, 3.63) is 23.8 Å². The van der Waals surface area contributed by atoms with E-state index in [-0.39, 0.29) is 17.9 Å². The second-order valence-electron chi connectivity index (χ2n) is 11.2. The van der Waals surface area contributed by atoms with Crippen molar-refractivity contribution in [1.29, 1.82) is 0 Å². The summed E-state index contributed by atoms with van der Waals surface area (Å²) in [6, 6.07) is 5.81. The lowest BCUT2D eigenvalue weighted by atomic mass is 9.80. The molecular weight excluding hydrogens is 454 g/mol. The van der Waals surface area contributed by atoms with E-state index in [1.165, 1.54) is 37.7 Å². The summed E-state index contributed by atoms with van der Waals surface area (Å²) in [6.07, 6.45) is 11.7. The molecule has 1 aliphatic carbocycles. The molecule has 3 fully saturated rings. The Morgan fingerprint density at radius 1 is 1.00 bits per heavy atom. The summed E-state index contributed by atoms with van der Waals surface area (Å²) in [5.41, 5.74) is 0.488. The van der Waals surface area contributed by atoms with Crippen molar-refractivity contribution in [3.63, 3.8) is 0 Å². The molecule has 1 aromatic carbocycles. The highest BCUT2D eigenvalue weighted by atomic mass is 16.6. The van der Waals surface area contributed by atoms with Gasteiger partial charge >= 0.3 is 0 Å². The van der Waals surface area contributed by atoms with E-state index in [9.17, 15) is 9.59 Å². The van der Waals surface area contributed by atoms with Crippen molar-refractivity contribution >= 4 is 11.8 Å². The molecule has 3 aliphatic heterocycles. The van der Waals surface area contributed by atoms with Crippen LogP contribution in [0.2, 0.25) is 0 Å². The Hall–Kier alpha value is -2.28. The fourth-order valence-corrected chi connectivity index (χ4v) is 6.61. The number of piperazine rings is 1. The number of nitrogens with one attached hydrogen (secondary N) is 1. The highest BCUT2D eigenvalue weighted by Crippen LogP contribution is 2.36. The fourth-order valence-electron chi connectivity index (χ4n) is 6.61. The number of nitrogens with zero attached hydrogens (tertiary/aromatic N) is 2. The Labute approximate surface area is 215 Å². The van der Waals surface area contributed by atoms with Gasteiger partial charge in [-0.2, -0.15) is 0 Å². The second-order valence-corrected chi connectivity index (χ2v) is 11.2. The molecule has 3 heterocycles. The molecule has 1 aromatic rings. The van der Waals surface area contributed by atoms with Crippen molar-refractivity contribution in [2.24, 2.45) is 5.92 Å². The number of hydrogen-bond donors (Lipinski definition) is 1. The quantitative estimate of drug-likeness (QED) is 0.581. The zero-order valence-corrected chi connectivity index (χ0v) is 21.9. The molecule has 7 nitrogen and oxygen atoms in total. The summed E-state index contributed by atoms with van der Waals surface area (Å²) in [5, 5.41) is 3.19. The number of carbonyl (C=O) groups is 2. The van der Waals surface area contributed by atoms with Gasteiger partial charge in [0.2, 0.25) is 11.8 Å². The molecular formula is C29H43N3O4. The topological polar surface area (TPSA) is 71.1 Å². The normalized spacial score (nSPS) is 24.7. The molecule has 1 unspecified atom stereocenters. The van der Waals surface area contributed by atoms with Crippen LogP contribution in [0.4, 0.5) is 0 Å². The Morgan fingerprint density at radius 3 is 2.50 bits per heavy atom. The van der Waals surface area contributed by atoms with Crippen LogP contribution in [-0.4, -0.2) is 66.0 Å². The van der Waals surface area contributed by atoms with Gasteiger partial charge in [0.15, 0.2) is 11.5 Å². The number of hydrogen-bond acceptors (Lipinski definition) is 5. The summed E-state index contributed by atoms with van der Waals surface area (Å²) in [5.74, 6) is 2.57. The van der Waals surface area contributed by atoms with Gasteiger partial charge in [0.25, 0.3) is 0 Å². The van der Waals surface area contributed by atoms with E-state index in [4.69, 9.17) is 9.47 Å². The molecule has 36 heavy (non-hydrogen) atoms. The maximum absolute atomic E-state index is 13.7. The van der Waals surface area contributed by atoms with Gasteiger partial charge in [-0.05, 0) is 55.7 Å². The first-order valence-electron chi connectivity index (χ1n) is 14.3. The van der Waals surface area contributed by atoms with Gasteiger partial charge in [-0.3, -0.25) is 14.5 Å². The van der Waals surface area contributed by atoms with E-state index < -0.39 is 5.54 Å². The summed E-state index contributed by atoms with van der Waals surface area (Å²) >= 11 is 0. The van der Waals surface area contributed by atoms with Crippen molar-refractivity contribution in [2.75, 3.05) is 32.8 Å². The van der Waals surface area contributed by atoms with Crippen molar-refractivity contribution in [3.8, 4) is 11.5 Å². The maximum atomic E-state index is 13.7. The highest BCUT2D eigenvalue weighted by molar-refractivity contribution is 6.00. The van der Waals surface area contributed by atoms with Crippen molar-refractivity contribution in [1.82, 2.24) is 15.1 Å². The molecule has 0 aromatic heterocycles. The first-order chi connectivity index (χ1) is 17.6. The van der Waals surface area contributed by atoms with Gasteiger partial charge in [0, 0.05) is 26.2 Å². The summed E-state index contributed by atoms with van der Waals surface area (Å²) in [7, 11) is 0. The molecule has 5 rings (SSSR count). The zero-order chi connectivity index (χ0) is 25.0. The molecule has 1 spiro atoms. The predicted octanol–water partition coefficient (Wildman–Crippen LogP) is 4.28. The minimum absolute atomic E-state index is 0.0748. The van der Waals surface area contributed by atoms with Crippen LogP contribution in [0, 0.1) is 5.92 Å². The fraction of sp³-hybridized carbons (Fsp3) is 0.724. The molecule has 0 radical (unpaired) electrons. The number of likely N-dealkylation sites (tertiary alicyclic amines) is 1. The summed E-state index contributed by atoms with van der Waals surface area (Å²) in [6.45, 7) is 6.41. The smallest absolute Gasteiger partial charge is 0.246 e. The van der Waals surface area contributed by atoms with E-state index in [1.807, 2.05) is 11.0 Å². The molecule has 0 bridgehead atoms. The Bertz CT molecular complexity index is 921. The second kappa shape index (κ2) is 11.4. The van der Waals surface area contributed by atoms with E-state index in [0.29, 0.717) is 38.5 Å². The van der Waals surface area contributed by atoms with Gasteiger partial charge in [0.05, 0.1) is 0 Å². The largest absolute Gasteiger partial charge is 0.486 e. The summed E-state index contributed by atoms with van der Waals surface area (Å²) in [4.78, 5) is 31.7. The predicted molar refractivity (Wildman–Crippen MR) is 139 cm³/mol. The first-order valence-corrected chi connectivity index (χ1v) is 14.3. The van der Waals surface area contributed by atoms with Crippen LogP contribution in [0.5, 0.6) is 11.5 Å². The summed E-state index contributed by atoms with van der Waals surface area (Å²) < 4.78 is 11.4. The molecule has 1 atom stereocenters. The Balaban J connectivity index is 1.22. The number of fused-ring (bicyclic) bond motifs is 1. The standard InChI is InChI=1S/C29H43N3O4/c1-2-3-15-32-27(33)24(11-9-22-7-5-4-6-8-22)30-28(34)29(32)13-16-31(17-14-29)21-23-10-12-25-26(20-23)36-19-18-35-25/h10,12,20,22,24H,2-9,11,13-19,21H2,1H3,(H,30,34). The van der Waals surface area contributed by atoms with Gasteiger partial charge in [-0.15, -0.1) is 0 Å². The van der Waals surface area contributed by atoms with E-state index in [2.05, 4.69) is 29.3 Å². The minimum Gasteiger partial charge on any atom is -0.486 e. The average Bonchev–Trinajstić information content (AvgIpc) is 2.91. The number of benzene rings is 1. The van der Waals surface area contributed by atoms with E-state index in [1.54, 1.807) is 0 Å². The molecule has 1 N–H and O–H groups in total.